The van der Waals surface area contributed by atoms with Gasteiger partial charge in [-0.25, -0.2) is 4.79 Å². The van der Waals surface area contributed by atoms with Crippen molar-refractivity contribution in [2.45, 2.75) is 32.2 Å². The normalized spacial score (nSPS) is 11.0. The first-order valence-corrected chi connectivity index (χ1v) is 8.63. The minimum atomic E-state index is -0.730. The second-order valence-electron chi connectivity index (χ2n) is 6.05. The van der Waals surface area contributed by atoms with Crippen LogP contribution in [-0.4, -0.2) is 21.1 Å². The molecule has 0 unspecified atom stereocenters. The Morgan fingerprint density at radius 1 is 1.25 bits per heavy atom. The molecule has 0 saturated heterocycles. The first-order chi connectivity index (χ1) is 11.3. The molecule has 1 aromatic heterocycles. The molecule has 7 heteroatoms. The number of carbonyl (C=O) groups excluding carboxylic acids is 1. The van der Waals surface area contributed by atoms with Crippen molar-refractivity contribution < 1.29 is 4.79 Å². The monoisotopic (exact) mass is 347 g/mol. The molecule has 1 heterocycles. The molecular weight excluding hydrogens is 326 g/mol. The molecule has 0 saturated carbocycles. The summed E-state index contributed by atoms with van der Waals surface area (Å²) < 4.78 is 1.25. The molecule has 0 fully saturated rings. The lowest BCUT2D eigenvalue weighted by atomic mass is 10.2. The molecule has 0 spiro atoms. The number of carbonyl (C=O) groups is 1. The average molecular weight is 347 g/mol. The van der Waals surface area contributed by atoms with Gasteiger partial charge in [-0.3, -0.25) is 19.1 Å². The van der Waals surface area contributed by atoms with Gasteiger partial charge in [0.05, 0.1) is 5.75 Å². The molecule has 0 radical (unpaired) electrons. The Kier molecular flexibility index (Phi) is 5.66. The quantitative estimate of drug-likeness (QED) is 0.616. The highest BCUT2D eigenvalue weighted by Gasteiger charge is 2.19. The Morgan fingerprint density at radius 3 is 2.46 bits per heavy atom. The predicted molar refractivity (Wildman–Crippen MR) is 96.8 cm³/mol. The number of nitrogens with zero attached hydrogens (tertiary/aromatic N) is 1. The Bertz CT molecular complexity index is 851. The second-order valence-corrected chi connectivity index (χ2v) is 7.10. The number of nitrogens with two attached hydrogens (primary N) is 1. The Morgan fingerprint density at radius 2 is 1.88 bits per heavy atom. The second kappa shape index (κ2) is 7.53. The van der Waals surface area contributed by atoms with Crippen LogP contribution in [0.4, 0.5) is 5.82 Å². The first kappa shape index (κ1) is 18.1. The number of nitrogens with one attached hydrogen (secondary N) is 1. The zero-order chi connectivity index (χ0) is 17.9. The van der Waals surface area contributed by atoms with E-state index in [9.17, 15) is 14.4 Å². The predicted octanol–water partition coefficient (Wildman–Crippen LogP) is 2.06. The lowest BCUT2D eigenvalue weighted by Crippen LogP contribution is -2.37. The molecule has 1 aromatic carbocycles. The maximum atomic E-state index is 12.4. The van der Waals surface area contributed by atoms with Gasteiger partial charge in [0.25, 0.3) is 5.56 Å². The van der Waals surface area contributed by atoms with Gasteiger partial charge < -0.3 is 5.73 Å². The third-order valence-electron chi connectivity index (χ3n) is 3.46. The van der Waals surface area contributed by atoms with E-state index in [1.54, 1.807) is 0 Å². The van der Waals surface area contributed by atoms with E-state index in [-0.39, 0.29) is 23.1 Å². The minimum absolute atomic E-state index is 0.0630. The van der Waals surface area contributed by atoms with Crippen LogP contribution in [0.2, 0.25) is 0 Å². The van der Waals surface area contributed by atoms with Crippen LogP contribution in [0.3, 0.4) is 0 Å². The average Bonchev–Trinajstić information content (AvgIpc) is 2.50. The molecule has 0 bridgehead atoms. The van der Waals surface area contributed by atoms with Crippen molar-refractivity contribution in [2.24, 2.45) is 5.92 Å². The largest absolute Gasteiger partial charge is 0.384 e. The van der Waals surface area contributed by atoms with E-state index in [1.165, 1.54) is 16.3 Å². The topological polar surface area (TPSA) is 97.9 Å². The summed E-state index contributed by atoms with van der Waals surface area (Å²) in [5.74, 6) is -0.222. The van der Waals surface area contributed by atoms with E-state index in [1.807, 2.05) is 45.0 Å². The van der Waals surface area contributed by atoms with Crippen LogP contribution in [0.5, 0.6) is 0 Å². The number of aromatic nitrogens is 2. The Balaban J connectivity index is 2.27. The SMILES string of the molecule is Cc1ccc(SCC(=O)c2c(N)n(CC(C)C)c(=O)[nH]c2=O)cc1. The number of Topliss-reactive ketones (excluding diaryl/α,β-unsaturated/α-hetero) is 1. The van der Waals surface area contributed by atoms with Crippen molar-refractivity contribution in [3.8, 4) is 0 Å². The van der Waals surface area contributed by atoms with Crippen LogP contribution >= 0.6 is 11.8 Å². The molecule has 0 aliphatic carbocycles. The number of thioether (sulfide) groups is 1. The minimum Gasteiger partial charge on any atom is -0.384 e. The fourth-order valence-electron chi connectivity index (χ4n) is 2.26. The van der Waals surface area contributed by atoms with Gasteiger partial charge in [-0.1, -0.05) is 31.5 Å². The number of H-pyrrole nitrogens is 1. The van der Waals surface area contributed by atoms with Crippen LogP contribution in [0, 0.1) is 12.8 Å². The van der Waals surface area contributed by atoms with Crippen molar-refractivity contribution >= 4 is 23.4 Å². The molecule has 3 N–H and O–H groups in total. The summed E-state index contributed by atoms with van der Waals surface area (Å²) >= 11 is 1.33. The summed E-state index contributed by atoms with van der Waals surface area (Å²) in [6, 6.07) is 7.74. The van der Waals surface area contributed by atoms with E-state index in [0.717, 1.165) is 10.5 Å². The summed E-state index contributed by atoms with van der Waals surface area (Å²) in [7, 11) is 0. The van der Waals surface area contributed by atoms with Crippen LogP contribution < -0.4 is 17.0 Å². The van der Waals surface area contributed by atoms with Crippen molar-refractivity contribution in [1.29, 1.82) is 0 Å². The zero-order valence-corrected chi connectivity index (χ0v) is 14.8. The van der Waals surface area contributed by atoms with Gasteiger partial charge in [-0.15, -0.1) is 11.8 Å². The van der Waals surface area contributed by atoms with Crippen molar-refractivity contribution in [3.63, 3.8) is 0 Å². The molecule has 2 aromatic rings. The maximum absolute atomic E-state index is 12.4. The van der Waals surface area contributed by atoms with Crippen molar-refractivity contribution in [2.75, 3.05) is 11.5 Å². The smallest absolute Gasteiger partial charge is 0.329 e. The Hall–Kier alpha value is -2.28. The summed E-state index contributed by atoms with van der Waals surface area (Å²) in [5.41, 5.74) is 5.61. The van der Waals surface area contributed by atoms with Crippen molar-refractivity contribution in [3.05, 3.63) is 56.2 Å². The number of rotatable bonds is 6. The number of nitrogen functional groups attached to an aromatic ring is 1. The van der Waals surface area contributed by atoms with E-state index in [0.29, 0.717) is 6.54 Å². The van der Waals surface area contributed by atoms with E-state index in [4.69, 9.17) is 5.73 Å². The number of aryl methyl sites for hydroxylation is 1. The number of anilines is 1. The molecule has 6 nitrogen and oxygen atoms in total. The number of hydrogen-bond acceptors (Lipinski definition) is 5. The fourth-order valence-corrected chi connectivity index (χ4v) is 3.03. The number of aromatic amines is 1. The molecule has 0 aliphatic heterocycles. The van der Waals surface area contributed by atoms with Crippen LogP contribution in [0.15, 0.2) is 38.8 Å². The highest BCUT2D eigenvalue weighted by Crippen LogP contribution is 2.20. The van der Waals surface area contributed by atoms with E-state index in [2.05, 4.69) is 4.98 Å². The van der Waals surface area contributed by atoms with Gasteiger partial charge in [-0.2, -0.15) is 0 Å². The summed E-state index contributed by atoms with van der Waals surface area (Å²) in [6.45, 7) is 6.17. The highest BCUT2D eigenvalue weighted by molar-refractivity contribution is 8.00. The van der Waals surface area contributed by atoms with Crippen molar-refractivity contribution in [1.82, 2.24) is 9.55 Å². The summed E-state index contributed by atoms with van der Waals surface area (Å²) in [6.07, 6.45) is 0. The van der Waals surface area contributed by atoms with Gasteiger partial charge in [0.2, 0.25) is 0 Å². The molecule has 128 valence electrons. The van der Waals surface area contributed by atoms with Gasteiger partial charge >= 0.3 is 5.69 Å². The third-order valence-corrected chi connectivity index (χ3v) is 4.47. The lowest BCUT2D eigenvalue weighted by Gasteiger charge is -2.13. The van der Waals surface area contributed by atoms with E-state index < -0.39 is 17.0 Å². The fraction of sp³-hybridized carbons (Fsp3) is 0.353. The molecule has 2 rings (SSSR count). The van der Waals surface area contributed by atoms with Gasteiger partial charge in [0.1, 0.15) is 11.4 Å². The van der Waals surface area contributed by atoms with Crippen LogP contribution in [0.1, 0.15) is 29.8 Å². The summed E-state index contributed by atoms with van der Waals surface area (Å²) in [4.78, 5) is 39.5. The summed E-state index contributed by atoms with van der Waals surface area (Å²) in [5, 5.41) is 0. The molecular formula is C17H21N3O3S. The Labute approximate surface area is 144 Å². The van der Waals surface area contributed by atoms with Crippen LogP contribution in [0.25, 0.3) is 0 Å². The highest BCUT2D eigenvalue weighted by atomic mass is 32.2. The number of benzene rings is 1. The van der Waals surface area contributed by atoms with Gasteiger partial charge in [0, 0.05) is 11.4 Å². The number of hydrogen-bond donors (Lipinski definition) is 2. The molecule has 0 atom stereocenters. The van der Waals surface area contributed by atoms with Gasteiger partial charge in [-0.05, 0) is 25.0 Å². The molecule has 0 amide bonds. The number of ketones is 1. The maximum Gasteiger partial charge on any atom is 0.329 e. The van der Waals surface area contributed by atoms with E-state index >= 15 is 0 Å². The van der Waals surface area contributed by atoms with Crippen LogP contribution in [-0.2, 0) is 6.54 Å². The zero-order valence-electron chi connectivity index (χ0n) is 14.0. The van der Waals surface area contributed by atoms with Gasteiger partial charge in [0.15, 0.2) is 5.78 Å². The molecule has 24 heavy (non-hydrogen) atoms. The first-order valence-electron chi connectivity index (χ1n) is 7.65. The molecule has 0 aliphatic rings. The standard InChI is InChI=1S/C17H21N3O3S/c1-10(2)8-20-15(18)14(16(22)19-17(20)23)13(21)9-24-12-6-4-11(3)5-7-12/h4-7,10H,8-9,18H2,1-3H3,(H,19,22,23). The lowest BCUT2D eigenvalue weighted by molar-refractivity contribution is 0.102. The third kappa shape index (κ3) is 4.17.